The first-order valence-electron chi connectivity index (χ1n) is 6.80. The molecule has 1 saturated carbocycles. The molecule has 0 aliphatic heterocycles. The second kappa shape index (κ2) is 6.58. The summed E-state index contributed by atoms with van der Waals surface area (Å²) in [6.07, 6.45) is 6.57. The third kappa shape index (κ3) is 3.27. The zero-order chi connectivity index (χ0) is 13.0. The fraction of sp³-hybridized carbons (Fsp3) is 0.600. The molecule has 2 atom stereocenters. The monoisotopic (exact) mass is 312 g/mol. The zero-order valence-electron chi connectivity index (χ0n) is 10.9. The summed E-state index contributed by atoms with van der Waals surface area (Å²) in [6, 6.07) is 5.86. The lowest BCUT2D eigenvalue weighted by Crippen LogP contribution is -2.29. The summed E-state index contributed by atoms with van der Waals surface area (Å²) in [6.45, 7) is 2.28. The quantitative estimate of drug-likeness (QED) is 0.898. The molecule has 2 nitrogen and oxygen atoms in total. The van der Waals surface area contributed by atoms with Gasteiger partial charge in [-0.1, -0.05) is 29.3 Å². The summed E-state index contributed by atoms with van der Waals surface area (Å²) in [7, 11) is 0. The van der Waals surface area contributed by atoms with Crippen LogP contribution in [-0.2, 0) is 6.61 Å². The Balaban J connectivity index is 2.07. The van der Waals surface area contributed by atoms with Gasteiger partial charge in [-0.2, -0.15) is 0 Å². The van der Waals surface area contributed by atoms with Crippen LogP contribution in [0.25, 0.3) is 0 Å². The first-order chi connectivity index (χ1) is 8.74. The largest absolute Gasteiger partial charge is 0.490 e. The molecule has 1 aliphatic carbocycles. The molecule has 1 aliphatic rings. The van der Waals surface area contributed by atoms with E-state index in [0.717, 1.165) is 22.2 Å². The molecule has 2 unspecified atom stereocenters. The van der Waals surface area contributed by atoms with E-state index >= 15 is 0 Å². The highest BCUT2D eigenvalue weighted by molar-refractivity contribution is 9.10. The summed E-state index contributed by atoms with van der Waals surface area (Å²) in [5, 5.41) is 9.26. The number of aliphatic hydroxyl groups excluding tert-OH is 1. The highest BCUT2D eigenvalue weighted by Gasteiger charge is 2.25. The van der Waals surface area contributed by atoms with Crippen molar-refractivity contribution in [1.29, 1.82) is 0 Å². The zero-order valence-corrected chi connectivity index (χ0v) is 12.4. The van der Waals surface area contributed by atoms with Crippen LogP contribution < -0.4 is 4.74 Å². The Kier molecular flexibility index (Phi) is 5.07. The predicted molar refractivity (Wildman–Crippen MR) is 76.7 cm³/mol. The van der Waals surface area contributed by atoms with Gasteiger partial charge in [0, 0.05) is 4.47 Å². The van der Waals surface area contributed by atoms with Gasteiger partial charge >= 0.3 is 0 Å². The molecule has 1 aromatic rings. The molecule has 0 saturated heterocycles. The lowest BCUT2D eigenvalue weighted by Gasteiger charge is -2.31. The number of hydrogen-bond donors (Lipinski definition) is 1. The first-order valence-corrected chi connectivity index (χ1v) is 7.59. The fourth-order valence-electron chi connectivity index (χ4n) is 2.72. The van der Waals surface area contributed by atoms with Crippen molar-refractivity contribution in [3.8, 4) is 5.75 Å². The van der Waals surface area contributed by atoms with E-state index in [9.17, 15) is 5.11 Å². The van der Waals surface area contributed by atoms with Crippen molar-refractivity contribution in [3.63, 3.8) is 0 Å². The Morgan fingerprint density at radius 1 is 1.33 bits per heavy atom. The Labute approximate surface area is 117 Å². The van der Waals surface area contributed by atoms with Crippen molar-refractivity contribution < 1.29 is 9.84 Å². The number of aliphatic hydroxyl groups is 1. The van der Waals surface area contributed by atoms with Gasteiger partial charge in [-0.05, 0) is 55.4 Å². The maximum Gasteiger partial charge on any atom is 0.120 e. The molecule has 1 N–H and O–H groups in total. The average Bonchev–Trinajstić information content (AvgIpc) is 2.41. The first kappa shape index (κ1) is 13.9. The van der Waals surface area contributed by atoms with Crippen LogP contribution in [0.5, 0.6) is 5.75 Å². The number of rotatable bonds is 4. The SMILES string of the molecule is CCC1CCCCC1Oc1ccc(Br)c(CO)c1. The molecule has 0 bridgehead atoms. The van der Waals surface area contributed by atoms with Gasteiger partial charge in [-0.15, -0.1) is 0 Å². The smallest absolute Gasteiger partial charge is 0.120 e. The van der Waals surface area contributed by atoms with Crippen LogP contribution >= 0.6 is 15.9 Å². The van der Waals surface area contributed by atoms with Crippen LogP contribution in [0.1, 0.15) is 44.6 Å². The van der Waals surface area contributed by atoms with Crippen LogP contribution in [0.4, 0.5) is 0 Å². The minimum absolute atomic E-state index is 0.0413. The van der Waals surface area contributed by atoms with E-state index in [1.165, 1.54) is 25.7 Å². The molecule has 1 aromatic carbocycles. The molecule has 0 amide bonds. The third-order valence-corrected chi connectivity index (χ3v) is 4.61. The summed E-state index contributed by atoms with van der Waals surface area (Å²) in [5.41, 5.74) is 0.886. The second-order valence-corrected chi connectivity index (χ2v) is 5.87. The fourth-order valence-corrected chi connectivity index (χ4v) is 3.09. The Morgan fingerprint density at radius 2 is 2.11 bits per heavy atom. The van der Waals surface area contributed by atoms with E-state index in [4.69, 9.17) is 4.74 Å². The Bertz CT molecular complexity index is 392. The lowest BCUT2D eigenvalue weighted by molar-refractivity contribution is 0.0901. The molecule has 2 rings (SSSR count). The molecule has 0 aromatic heterocycles. The van der Waals surface area contributed by atoms with Gasteiger partial charge in [0.05, 0.1) is 6.61 Å². The van der Waals surface area contributed by atoms with Gasteiger partial charge in [0.1, 0.15) is 11.9 Å². The number of hydrogen-bond acceptors (Lipinski definition) is 2. The molecular weight excluding hydrogens is 292 g/mol. The average molecular weight is 313 g/mol. The molecule has 0 heterocycles. The van der Waals surface area contributed by atoms with Crippen molar-refractivity contribution in [2.24, 2.45) is 5.92 Å². The van der Waals surface area contributed by atoms with Crippen LogP contribution in [-0.4, -0.2) is 11.2 Å². The Hall–Kier alpha value is -0.540. The predicted octanol–water partition coefficient (Wildman–Crippen LogP) is 4.29. The van der Waals surface area contributed by atoms with Crippen molar-refractivity contribution in [3.05, 3.63) is 28.2 Å². The number of halogens is 1. The highest BCUT2D eigenvalue weighted by Crippen LogP contribution is 2.31. The number of ether oxygens (including phenoxy) is 1. The summed E-state index contributed by atoms with van der Waals surface area (Å²) in [5.74, 6) is 1.56. The molecule has 0 spiro atoms. The van der Waals surface area contributed by atoms with Gasteiger partial charge in [0.2, 0.25) is 0 Å². The number of benzene rings is 1. The second-order valence-electron chi connectivity index (χ2n) is 5.02. The molecule has 100 valence electrons. The molecule has 1 fully saturated rings. The maximum absolute atomic E-state index is 9.26. The molecule has 18 heavy (non-hydrogen) atoms. The van der Waals surface area contributed by atoms with E-state index in [-0.39, 0.29) is 6.61 Å². The van der Waals surface area contributed by atoms with Gasteiger partial charge in [0.25, 0.3) is 0 Å². The van der Waals surface area contributed by atoms with E-state index in [1.54, 1.807) is 0 Å². The van der Waals surface area contributed by atoms with Crippen LogP contribution in [0, 0.1) is 5.92 Å². The molecular formula is C15H21BrO2. The van der Waals surface area contributed by atoms with E-state index in [0.29, 0.717) is 12.0 Å². The van der Waals surface area contributed by atoms with Crippen LogP contribution in [0.15, 0.2) is 22.7 Å². The van der Waals surface area contributed by atoms with Gasteiger partial charge in [0.15, 0.2) is 0 Å². The molecule has 0 radical (unpaired) electrons. The van der Waals surface area contributed by atoms with Crippen molar-refractivity contribution in [1.82, 2.24) is 0 Å². The minimum Gasteiger partial charge on any atom is -0.490 e. The Morgan fingerprint density at radius 3 is 2.83 bits per heavy atom. The van der Waals surface area contributed by atoms with Crippen LogP contribution in [0.3, 0.4) is 0 Å². The normalized spacial score (nSPS) is 23.9. The van der Waals surface area contributed by atoms with Crippen LogP contribution in [0.2, 0.25) is 0 Å². The summed E-state index contributed by atoms with van der Waals surface area (Å²) >= 11 is 3.43. The highest BCUT2D eigenvalue weighted by atomic mass is 79.9. The third-order valence-electron chi connectivity index (χ3n) is 3.84. The van der Waals surface area contributed by atoms with Crippen molar-refractivity contribution in [2.75, 3.05) is 0 Å². The van der Waals surface area contributed by atoms with Crippen molar-refractivity contribution >= 4 is 15.9 Å². The topological polar surface area (TPSA) is 29.5 Å². The maximum atomic E-state index is 9.26. The van der Waals surface area contributed by atoms with Gasteiger partial charge < -0.3 is 9.84 Å². The minimum atomic E-state index is 0.0413. The van der Waals surface area contributed by atoms with Crippen molar-refractivity contribution in [2.45, 2.75) is 51.7 Å². The van der Waals surface area contributed by atoms with E-state index in [2.05, 4.69) is 22.9 Å². The van der Waals surface area contributed by atoms with E-state index < -0.39 is 0 Å². The summed E-state index contributed by atoms with van der Waals surface area (Å²) < 4.78 is 7.06. The van der Waals surface area contributed by atoms with Gasteiger partial charge in [-0.3, -0.25) is 0 Å². The van der Waals surface area contributed by atoms with E-state index in [1.807, 2.05) is 18.2 Å². The standard InChI is InChI=1S/C15H21BrO2/c1-2-11-5-3-4-6-15(11)18-13-7-8-14(16)12(9-13)10-17/h7-9,11,15,17H,2-6,10H2,1H3. The lowest BCUT2D eigenvalue weighted by atomic mass is 9.85. The van der Waals surface area contributed by atoms with Gasteiger partial charge in [-0.25, -0.2) is 0 Å². The summed E-state index contributed by atoms with van der Waals surface area (Å²) in [4.78, 5) is 0. The molecule has 3 heteroatoms.